The van der Waals surface area contributed by atoms with Gasteiger partial charge in [0.1, 0.15) is 5.75 Å². The molecule has 0 spiro atoms. The number of amides is 1. The number of hydrogen-bond acceptors (Lipinski definition) is 4. The van der Waals surface area contributed by atoms with Gasteiger partial charge in [0, 0.05) is 37.3 Å². The van der Waals surface area contributed by atoms with Gasteiger partial charge in [-0.2, -0.15) is 5.10 Å². The smallest absolute Gasteiger partial charge is 0.272 e. The van der Waals surface area contributed by atoms with E-state index in [9.17, 15) is 4.79 Å². The summed E-state index contributed by atoms with van der Waals surface area (Å²) in [6, 6.07) is 8.05. The number of hydrogen-bond donors (Lipinski definition) is 3. The first-order valence-corrected chi connectivity index (χ1v) is 8.35. The highest BCUT2D eigenvalue weighted by Crippen LogP contribution is 2.16. The molecule has 128 valence electrons. The number of benzene rings is 1. The number of H-pyrrole nitrogens is 1. The van der Waals surface area contributed by atoms with Crippen LogP contribution >= 0.6 is 0 Å². The van der Waals surface area contributed by atoms with E-state index in [4.69, 9.17) is 4.74 Å². The molecule has 1 aliphatic rings. The molecule has 2 aromatic rings. The Kier molecular flexibility index (Phi) is 5.15. The Morgan fingerprint density at radius 1 is 1.38 bits per heavy atom. The van der Waals surface area contributed by atoms with Gasteiger partial charge in [-0.05, 0) is 30.0 Å². The summed E-state index contributed by atoms with van der Waals surface area (Å²) in [4.78, 5) is 12.4. The largest absolute Gasteiger partial charge is 0.497 e. The van der Waals surface area contributed by atoms with Crippen LogP contribution < -0.4 is 15.4 Å². The number of carbonyl (C=O) groups excluding carboxylic acids is 1. The van der Waals surface area contributed by atoms with Crippen molar-refractivity contribution in [1.29, 1.82) is 0 Å². The SMILES string of the molecule is COc1ccc(CC(C)CNC(=O)c2n[nH]c3c2CNCC3)cc1. The first-order valence-electron chi connectivity index (χ1n) is 8.35. The lowest BCUT2D eigenvalue weighted by molar-refractivity contribution is 0.0942. The lowest BCUT2D eigenvalue weighted by atomic mass is 10.0. The van der Waals surface area contributed by atoms with Gasteiger partial charge in [-0.3, -0.25) is 9.89 Å². The molecule has 1 atom stereocenters. The van der Waals surface area contributed by atoms with Crippen LogP contribution in [0, 0.1) is 5.92 Å². The quantitative estimate of drug-likeness (QED) is 0.754. The molecule has 1 unspecified atom stereocenters. The third-order valence-corrected chi connectivity index (χ3v) is 4.38. The van der Waals surface area contributed by atoms with Gasteiger partial charge in [0.05, 0.1) is 7.11 Å². The van der Waals surface area contributed by atoms with E-state index in [0.29, 0.717) is 24.7 Å². The summed E-state index contributed by atoms with van der Waals surface area (Å²) in [6.07, 6.45) is 1.80. The fraction of sp³-hybridized carbons (Fsp3) is 0.444. The zero-order valence-electron chi connectivity index (χ0n) is 14.2. The second-order valence-corrected chi connectivity index (χ2v) is 6.32. The molecule has 1 amide bonds. The maximum Gasteiger partial charge on any atom is 0.272 e. The lowest BCUT2D eigenvalue weighted by Crippen LogP contribution is -2.31. The minimum Gasteiger partial charge on any atom is -0.497 e. The normalized spacial score (nSPS) is 14.8. The summed E-state index contributed by atoms with van der Waals surface area (Å²) in [6.45, 7) is 4.39. The average Bonchev–Trinajstić information content (AvgIpc) is 3.04. The van der Waals surface area contributed by atoms with E-state index in [1.54, 1.807) is 7.11 Å². The molecule has 6 heteroatoms. The number of aromatic nitrogens is 2. The Balaban J connectivity index is 1.53. The fourth-order valence-electron chi connectivity index (χ4n) is 3.00. The van der Waals surface area contributed by atoms with Crippen LogP contribution in [0.25, 0.3) is 0 Å². The summed E-state index contributed by atoms with van der Waals surface area (Å²) in [7, 11) is 1.66. The molecule has 0 fully saturated rings. The average molecular weight is 328 g/mol. The van der Waals surface area contributed by atoms with Crippen molar-refractivity contribution < 1.29 is 9.53 Å². The van der Waals surface area contributed by atoms with Crippen molar-refractivity contribution in [3.05, 3.63) is 46.8 Å². The highest BCUT2D eigenvalue weighted by molar-refractivity contribution is 5.94. The zero-order valence-corrected chi connectivity index (χ0v) is 14.2. The Bertz CT molecular complexity index is 694. The monoisotopic (exact) mass is 328 g/mol. The molecule has 24 heavy (non-hydrogen) atoms. The maximum absolute atomic E-state index is 12.4. The van der Waals surface area contributed by atoms with Gasteiger partial charge in [-0.1, -0.05) is 19.1 Å². The fourth-order valence-corrected chi connectivity index (χ4v) is 3.00. The van der Waals surface area contributed by atoms with Crippen LogP contribution in [0.1, 0.15) is 34.2 Å². The van der Waals surface area contributed by atoms with E-state index in [1.807, 2.05) is 12.1 Å². The van der Waals surface area contributed by atoms with Gasteiger partial charge < -0.3 is 15.4 Å². The molecule has 0 saturated heterocycles. The molecule has 0 radical (unpaired) electrons. The number of nitrogens with zero attached hydrogens (tertiary/aromatic N) is 1. The van der Waals surface area contributed by atoms with Crippen LogP contribution in [0.5, 0.6) is 5.75 Å². The molecule has 0 saturated carbocycles. The number of ether oxygens (including phenoxy) is 1. The minimum atomic E-state index is -0.0993. The number of carbonyl (C=O) groups is 1. The highest BCUT2D eigenvalue weighted by atomic mass is 16.5. The Hall–Kier alpha value is -2.34. The van der Waals surface area contributed by atoms with Gasteiger partial charge in [0.2, 0.25) is 0 Å². The standard InChI is InChI=1S/C18H24N4O2/c1-12(9-13-3-5-14(24-2)6-4-13)10-20-18(23)17-15-11-19-8-7-16(15)21-22-17/h3-6,12,19H,7-11H2,1-2H3,(H,20,23)(H,21,22). The topological polar surface area (TPSA) is 79.0 Å². The van der Waals surface area contributed by atoms with Crippen molar-refractivity contribution in [2.75, 3.05) is 20.2 Å². The van der Waals surface area contributed by atoms with Gasteiger partial charge >= 0.3 is 0 Å². The van der Waals surface area contributed by atoms with Crippen molar-refractivity contribution in [3.63, 3.8) is 0 Å². The second-order valence-electron chi connectivity index (χ2n) is 6.32. The molecule has 3 N–H and O–H groups in total. The molecular formula is C18H24N4O2. The molecule has 6 nitrogen and oxygen atoms in total. The van der Waals surface area contributed by atoms with Crippen LogP contribution in [0.2, 0.25) is 0 Å². The first-order chi connectivity index (χ1) is 11.7. The van der Waals surface area contributed by atoms with E-state index >= 15 is 0 Å². The van der Waals surface area contributed by atoms with Crippen molar-refractivity contribution in [1.82, 2.24) is 20.8 Å². The van der Waals surface area contributed by atoms with E-state index in [-0.39, 0.29) is 5.91 Å². The molecule has 2 heterocycles. The molecule has 1 aromatic heterocycles. The van der Waals surface area contributed by atoms with Crippen molar-refractivity contribution in [2.45, 2.75) is 26.3 Å². The third kappa shape index (κ3) is 3.76. The lowest BCUT2D eigenvalue weighted by Gasteiger charge is -2.15. The maximum atomic E-state index is 12.4. The molecular weight excluding hydrogens is 304 g/mol. The Morgan fingerprint density at radius 2 is 2.17 bits per heavy atom. The predicted octanol–water partition coefficient (Wildman–Crippen LogP) is 1.67. The predicted molar refractivity (Wildman–Crippen MR) is 92.2 cm³/mol. The van der Waals surface area contributed by atoms with Crippen molar-refractivity contribution in [3.8, 4) is 5.75 Å². The number of aromatic amines is 1. The Labute approximate surface area is 142 Å². The summed E-state index contributed by atoms with van der Waals surface area (Å²) in [5.41, 5.74) is 3.83. The van der Waals surface area contributed by atoms with Crippen molar-refractivity contribution in [2.24, 2.45) is 5.92 Å². The summed E-state index contributed by atoms with van der Waals surface area (Å²) < 4.78 is 5.17. The summed E-state index contributed by atoms with van der Waals surface area (Å²) in [5.74, 6) is 1.10. The minimum absolute atomic E-state index is 0.0993. The molecule has 0 bridgehead atoms. The van der Waals surface area contributed by atoms with Gasteiger partial charge in [-0.15, -0.1) is 0 Å². The van der Waals surface area contributed by atoms with Gasteiger partial charge in [0.25, 0.3) is 5.91 Å². The molecule has 1 aromatic carbocycles. The van der Waals surface area contributed by atoms with Crippen LogP contribution in [-0.4, -0.2) is 36.3 Å². The number of methoxy groups -OCH3 is 1. The zero-order chi connectivity index (χ0) is 16.9. The molecule has 0 aliphatic carbocycles. The number of fused-ring (bicyclic) bond motifs is 1. The van der Waals surface area contributed by atoms with E-state index in [2.05, 4.69) is 39.9 Å². The van der Waals surface area contributed by atoms with E-state index in [1.165, 1.54) is 5.56 Å². The second kappa shape index (κ2) is 7.49. The van der Waals surface area contributed by atoms with E-state index in [0.717, 1.165) is 36.4 Å². The van der Waals surface area contributed by atoms with Crippen LogP contribution in [-0.2, 0) is 19.4 Å². The first kappa shape index (κ1) is 16.5. The number of nitrogens with one attached hydrogen (secondary N) is 3. The van der Waals surface area contributed by atoms with Gasteiger partial charge in [-0.25, -0.2) is 0 Å². The molecule has 1 aliphatic heterocycles. The number of rotatable bonds is 6. The Morgan fingerprint density at radius 3 is 2.92 bits per heavy atom. The van der Waals surface area contributed by atoms with Crippen molar-refractivity contribution >= 4 is 5.91 Å². The highest BCUT2D eigenvalue weighted by Gasteiger charge is 2.21. The molecule has 3 rings (SSSR count). The third-order valence-electron chi connectivity index (χ3n) is 4.38. The summed E-state index contributed by atoms with van der Waals surface area (Å²) >= 11 is 0. The summed E-state index contributed by atoms with van der Waals surface area (Å²) in [5, 5.41) is 13.5. The van der Waals surface area contributed by atoms with Crippen LogP contribution in [0.4, 0.5) is 0 Å². The van der Waals surface area contributed by atoms with E-state index < -0.39 is 0 Å². The van der Waals surface area contributed by atoms with Crippen LogP contribution in [0.15, 0.2) is 24.3 Å². The van der Waals surface area contributed by atoms with Crippen LogP contribution in [0.3, 0.4) is 0 Å². The van der Waals surface area contributed by atoms with Gasteiger partial charge in [0.15, 0.2) is 5.69 Å².